The molecule has 1 fully saturated rings. The molecule has 34 heavy (non-hydrogen) atoms. The lowest BCUT2D eigenvalue weighted by Crippen LogP contribution is -3.12. The molecule has 2 unspecified atom stereocenters. The quantitative estimate of drug-likeness (QED) is 0.508. The van der Waals surface area contributed by atoms with Gasteiger partial charge in [0.2, 0.25) is 11.2 Å². The van der Waals surface area contributed by atoms with Gasteiger partial charge >= 0.3 is 6.18 Å². The van der Waals surface area contributed by atoms with E-state index in [0.29, 0.717) is 22.1 Å². The zero-order chi connectivity index (χ0) is 24.8. The van der Waals surface area contributed by atoms with Crippen LogP contribution in [0.1, 0.15) is 42.2 Å². The lowest BCUT2D eigenvalue weighted by atomic mass is 9.99. The number of benzene rings is 2. The fourth-order valence-electron chi connectivity index (χ4n) is 4.63. The second kappa shape index (κ2) is 9.15. The molecule has 5 nitrogen and oxygen atoms in total. The molecule has 9 heteroatoms. The number of rotatable bonds is 4. The van der Waals surface area contributed by atoms with Crippen molar-refractivity contribution in [1.29, 1.82) is 0 Å². The van der Waals surface area contributed by atoms with Crippen LogP contribution >= 0.6 is 11.6 Å². The van der Waals surface area contributed by atoms with Gasteiger partial charge in [0.1, 0.15) is 18.0 Å². The van der Waals surface area contributed by atoms with Gasteiger partial charge < -0.3 is 19.2 Å². The second-order valence-electron chi connectivity index (χ2n) is 9.13. The Hall–Kier alpha value is -2.71. The zero-order valence-electron chi connectivity index (χ0n) is 19.1. The Kier molecular flexibility index (Phi) is 6.57. The third-order valence-corrected chi connectivity index (χ3v) is 6.87. The predicted octanol–water partition coefficient (Wildman–Crippen LogP) is 5.39. The number of likely N-dealkylation sites (tertiary alicyclic amines) is 1. The molecule has 2 heterocycles. The Morgan fingerprint density at radius 3 is 2.53 bits per heavy atom. The van der Waals surface area contributed by atoms with Crippen LogP contribution in [0.4, 0.5) is 13.2 Å². The van der Waals surface area contributed by atoms with Gasteiger partial charge in [-0.05, 0) is 62.1 Å². The molecule has 0 aliphatic carbocycles. The molecule has 2 atom stereocenters. The molecule has 0 spiro atoms. The monoisotopic (exact) mass is 496 g/mol. The molecule has 1 aromatic heterocycles. The van der Waals surface area contributed by atoms with Gasteiger partial charge in [0.15, 0.2) is 5.58 Å². The number of piperidine rings is 1. The number of ether oxygens (including phenoxy) is 1. The van der Waals surface area contributed by atoms with Gasteiger partial charge in [-0.25, -0.2) is 0 Å². The van der Waals surface area contributed by atoms with E-state index < -0.39 is 23.1 Å². The highest BCUT2D eigenvalue weighted by atomic mass is 35.5. The van der Waals surface area contributed by atoms with E-state index in [2.05, 4.69) is 6.92 Å². The average molecular weight is 497 g/mol. The third kappa shape index (κ3) is 4.74. The summed E-state index contributed by atoms with van der Waals surface area (Å²) in [6.45, 7) is 7.40. The number of phenolic OH excluding ortho intramolecular Hbond substituents is 1. The largest absolute Gasteiger partial charge is 0.507 e. The smallest absolute Gasteiger partial charge is 0.453 e. The number of aromatic hydroxyl groups is 1. The van der Waals surface area contributed by atoms with Crippen LogP contribution in [-0.4, -0.2) is 18.2 Å². The maximum absolute atomic E-state index is 14.0. The van der Waals surface area contributed by atoms with Gasteiger partial charge in [-0.1, -0.05) is 18.5 Å². The highest BCUT2D eigenvalue weighted by molar-refractivity contribution is 6.32. The van der Waals surface area contributed by atoms with Gasteiger partial charge in [-0.2, -0.15) is 13.2 Å². The van der Waals surface area contributed by atoms with E-state index in [-0.39, 0.29) is 34.6 Å². The highest BCUT2D eigenvalue weighted by Crippen LogP contribution is 2.40. The summed E-state index contributed by atoms with van der Waals surface area (Å²) in [5.41, 5.74) is 0.164. The molecule has 4 rings (SSSR count). The Labute approximate surface area is 199 Å². The first-order chi connectivity index (χ1) is 16.0. The van der Waals surface area contributed by atoms with Crippen molar-refractivity contribution in [1.82, 2.24) is 0 Å². The summed E-state index contributed by atoms with van der Waals surface area (Å²) in [4.78, 5) is 14.4. The number of fused-ring (bicyclic) bond motifs is 1. The summed E-state index contributed by atoms with van der Waals surface area (Å²) in [7, 11) is 0. The molecule has 2 N–H and O–H groups in total. The molecular weight excluding hydrogens is 471 g/mol. The van der Waals surface area contributed by atoms with E-state index in [1.54, 1.807) is 13.8 Å². The van der Waals surface area contributed by atoms with E-state index >= 15 is 0 Å². The Balaban J connectivity index is 1.87. The summed E-state index contributed by atoms with van der Waals surface area (Å²) in [5.74, 6) is -2.18. The number of phenols is 1. The van der Waals surface area contributed by atoms with Gasteiger partial charge in [0.25, 0.3) is 5.76 Å². The molecule has 1 aliphatic heterocycles. The summed E-state index contributed by atoms with van der Waals surface area (Å²) < 4.78 is 52.9. The van der Waals surface area contributed by atoms with Crippen molar-refractivity contribution in [2.24, 2.45) is 5.92 Å². The topological polar surface area (TPSA) is 64.1 Å². The Morgan fingerprint density at radius 2 is 1.91 bits per heavy atom. The minimum Gasteiger partial charge on any atom is -0.507 e. The number of aryl methyl sites for hydroxylation is 2. The number of halogens is 4. The molecule has 182 valence electrons. The van der Waals surface area contributed by atoms with Gasteiger partial charge in [-0.3, -0.25) is 4.79 Å². The van der Waals surface area contributed by atoms with Crippen molar-refractivity contribution in [2.45, 2.75) is 46.3 Å². The van der Waals surface area contributed by atoms with Gasteiger partial charge in [0.05, 0.1) is 24.0 Å². The second-order valence-corrected chi connectivity index (χ2v) is 9.51. The van der Waals surface area contributed by atoms with Crippen LogP contribution in [0.5, 0.6) is 17.2 Å². The molecule has 0 saturated carbocycles. The molecule has 0 amide bonds. The molecule has 2 aromatic carbocycles. The van der Waals surface area contributed by atoms with Crippen LogP contribution in [0.25, 0.3) is 11.0 Å². The Bertz CT molecular complexity index is 1280. The minimum atomic E-state index is -4.99. The number of hydrogen-bond donors (Lipinski definition) is 2. The molecule has 1 saturated heterocycles. The van der Waals surface area contributed by atoms with Crippen LogP contribution < -0.4 is 15.1 Å². The average Bonchev–Trinajstić information content (AvgIpc) is 2.75. The summed E-state index contributed by atoms with van der Waals surface area (Å²) >= 11 is 6.15. The number of nitrogens with one attached hydrogen (secondary N) is 1. The summed E-state index contributed by atoms with van der Waals surface area (Å²) in [5, 5.41) is 10.9. The van der Waals surface area contributed by atoms with Crippen molar-refractivity contribution in [3.8, 4) is 17.2 Å². The first kappa shape index (κ1) is 24.4. The summed E-state index contributed by atoms with van der Waals surface area (Å²) in [6, 6.07) is 5.50. The van der Waals surface area contributed by atoms with Crippen LogP contribution in [0.15, 0.2) is 33.5 Å². The first-order valence-corrected chi connectivity index (χ1v) is 11.5. The molecular formula is C25H26ClF3NO4+. The van der Waals surface area contributed by atoms with Gasteiger partial charge in [0, 0.05) is 10.9 Å². The predicted molar refractivity (Wildman–Crippen MR) is 123 cm³/mol. The van der Waals surface area contributed by atoms with Crippen LogP contribution in [0.2, 0.25) is 5.02 Å². The lowest BCUT2D eigenvalue weighted by molar-refractivity contribution is -0.922. The normalized spacial score (nSPS) is 18.9. The fourth-order valence-corrected chi connectivity index (χ4v) is 4.74. The molecule has 0 radical (unpaired) electrons. The van der Waals surface area contributed by atoms with E-state index in [4.69, 9.17) is 20.8 Å². The fraction of sp³-hybridized carbons (Fsp3) is 0.400. The number of alkyl halides is 3. The molecule has 0 bridgehead atoms. The highest BCUT2D eigenvalue weighted by Gasteiger charge is 2.41. The maximum atomic E-state index is 14.0. The maximum Gasteiger partial charge on any atom is 0.453 e. The first-order valence-electron chi connectivity index (χ1n) is 11.1. The third-order valence-electron chi connectivity index (χ3n) is 6.28. The van der Waals surface area contributed by atoms with E-state index in [1.165, 1.54) is 24.3 Å². The van der Waals surface area contributed by atoms with Crippen molar-refractivity contribution in [3.05, 3.63) is 62.0 Å². The Morgan fingerprint density at radius 1 is 1.24 bits per heavy atom. The van der Waals surface area contributed by atoms with Crippen LogP contribution in [0, 0.1) is 19.8 Å². The number of quaternary nitrogens is 1. The SMILES string of the molecule is Cc1cc(Oc2c(C(F)(F)F)oc3c(C[NH+]4CCCC(C)C4)c(O)ccc3c2=O)cc(C)c1Cl. The van der Waals surface area contributed by atoms with E-state index in [0.717, 1.165) is 30.8 Å². The molecule has 1 aliphatic rings. The van der Waals surface area contributed by atoms with Crippen molar-refractivity contribution in [3.63, 3.8) is 0 Å². The van der Waals surface area contributed by atoms with Crippen molar-refractivity contribution in [2.75, 3.05) is 13.1 Å². The van der Waals surface area contributed by atoms with Gasteiger partial charge in [-0.15, -0.1) is 0 Å². The number of hydrogen-bond acceptors (Lipinski definition) is 4. The lowest BCUT2D eigenvalue weighted by Gasteiger charge is -2.28. The van der Waals surface area contributed by atoms with Crippen molar-refractivity contribution >= 4 is 22.6 Å². The summed E-state index contributed by atoms with van der Waals surface area (Å²) in [6.07, 6.45) is -2.92. The zero-order valence-corrected chi connectivity index (χ0v) is 19.9. The molecule has 3 aromatic rings. The standard InChI is InChI=1S/C25H25ClF3NO4/c1-13-5-4-8-30(11-13)12-18-19(31)7-6-17-21(32)23(24(25(27,28)29)34-22(17)18)33-16-9-14(2)20(26)15(3)10-16/h6-7,9-10,13,31H,4-5,8,11-12H2,1-3H3/p+1. The van der Waals surface area contributed by atoms with Crippen LogP contribution in [0.3, 0.4) is 0 Å². The van der Waals surface area contributed by atoms with E-state index in [9.17, 15) is 23.1 Å². The van der Waals surface area contributed by atoms with E-state index in [1.807, 2.05) is 0 Å². The minimum absolute atomic E-state index is 0.0438. The van der Waals surface area contributed by atoms with Crippen molar-refractivity contribution < 1.29 is 32.3 Å². The van der Waals surface area contributed by atoms with Crippen LogP contribution in [-0.2, 0) is 12.7 Å².